The molecule has 1 rings (SSSR count). The van der Waals surface area contributed by atoms with Gasteiger partial charge in [0.1, 0.15) is 0 Å². The second-order valence-electron chi connectivity index (χ2n) is 6.36. The van der Waals surface area contributed by atoms with E-state index in [1.165, 1.54) is 0 Å². The number of nitrogens with one attached hydrogen (secondary N) is 1. The molecule has 1 unspecified atom stereocenters. The Labute approximate surface area is 140 Å². The number of aliphatic carboxylic acids is 2. The van der Waals surface area contributed by atoms with Crippen LogP contribution in [0.15, 0.2) is 11.1 Å². The lowest BCUT2D eigenvalue weighted by Gasteiger charge is -2.22. The van der Waals surface area contributed by atoms with Gasteiger partial charge >= 0.3 is 11.9 Å². The average molecular weight is 327 g/mol. The second kappa shape index (κ2) is 12.1. The number of carboxylic acid groups (broad SMARTS) is 2. The second-order valence-corrected chi connectivity index (χ2v) is 6.36. The van der Waals surface area contributed by atoms with Crippen LogP contribution in [-0.4, -0.2) is 35.2 Å². The lowest BCUT2D eigenvalue weighted by Crippen LogP contribution is -2.25. The van der Waals surface area contributed by atoms with Gasteiger partial charge in [0.15, 0.2) is 0 Å². The highest BCUT2D eigenvalue weighted by atomic mass is 16.4. The minimum Gasteiger partial charge on any atom is -0.481 e. The first-order chi connectivity index (χ1) is 10.8. The molecular formula is C18H33NO4. The minimum atomic E-state index is -1.06. The molecule has 23 heavy (non-hydrogen) atoms. The molecule has 0 saturated heterocycles. The Balaban J connectivity index is 0.000000841. The van der Waals surface area contributed by atoms with Gasteiger partial charge in [-0.15, -0.1) is 0 Å². The van der Waals surface area contributed by atoms with Gasteiger partial charge in [-0.1, -0.05) is 39.7 Å². The van der Waals surface area contributed by atoms with Gasteiger partial charge in [-0.25, -0.2) is 4.79 Å². The standard InChI is InChI=1S/C14H22O4.C4H11N/c1-9(2)8-11(13(15)16)12(14(17)18)10-6-4-3-5-7-10;1-3-5-4-2/h9,11H,3-8H2,1-2H3,(H,15,16)(H,17,18);5H,3-4H2,1-2H3. The van der Waals surface area contributed by atoms with Crippen LogP contribution in [0.4, 0.5) is 0 Å². The van der Waals surface area contributed by atoms with Gasteiger partial charge in [0.05, 0.1) is 11.5 Å². The van der Waals surface area contributed by atoms with Gasteiger partial charge in [0, 0.05) is 0 Å². The number of rotatable bonds is 7. The molecule has 1 atom stereocenters. The van der Waals surface area contributed by atoms with E-state index in [0.29, 0.717) is 6.42 Å². The predicted octanol–water partition coefficient (Wildman–Crippen LogP) is 3.69. The van der Waals surface area contributed by atoms with E-state index in [1.54, 1.807) is 0 Å². The number of hydrogen-bond acceptors (Lipinski definition) is 3. The first-order valence-corrected chi connectivity index (χ1v) is 8.73. The topological polar surface area (TPSA) is 86.6 Å². The van der Waals surface area contributed by atoms with Gasteiger partial charge in [-0.2, -0.15) is 0 Å². The molecule has 0 bridgehead atoms. The third kappa shape index (κ3) is 8.74. The van der Waals surface area contributed by atoms with Crippen LogP contribution < -0.4 is 5.32 Å². The van der Waals surface area contributed by atoms with Gasteiger partial charge in [0.25, 0.3) is 0 Å². The first-order valence-electron chi connectivity index (χ1n) is 8.73. The molecule has 0 aromatic carbocycles. The van der Waals surface area contributed by atoms with Gasteiger partial charge in [0.2, 0.25) is 0 Å². The third-order valence-corrected chi connectivity index (χ3v) is 3.92. The summed E-state index contributed by atoms with van der Waals surface area (Å²) in [6, 6.07) is 0. The highest BCUT2D eigenvalue weighted by molar-refractivity contribution is 5.94. The molecule has 1 saturated carbocycles. The van der Waals surface area contributed by atoms with Gasteiger partial charge in [-0.3, -0.25) is 4.79 Å². The molecule has 3 N–H and O–H groups in total. The predicted molar refractivity (Wildman–Crippen MR) is 92.5 cm³/mol. The van der Waals surface area contributed by atoms with Crippen LogP contribution >= 0.6 is 0 Å². The maximum Gasteiger partial charge on any atom is 0.332 e. The fourth-order valence-electron chi connectivity index (χ4n) is 2.86. The Kier molecular flexibility index (Phi) is 11.4. The van der Waals surface area contributed by atoms with Crippen LogP contribution in [0.25, 0.3) is 0 Å². The van der Waals surface area contributed by atoms with Crippen LogP contribution in [-0.2, 0) is 9.59 Å². The molecule has 0 heterocycles. The van der Waals surface area contributed by atoms with Crippen molar-refractivity contribution in [3.8, 4) is 0 Å². The Hall–Kier alpha value is -1.36. The normalized spacial score (nSPS) is 15.6. The van der Waals surface area contributed by atoms with Crippen molar-refractivity contribution < 1.29 is 19.8 Å². The molecule has 5 nitrogen and oxygen atoms in total. The van der Waals surface area contributed by atoms with Gasteiger partial charge < -0.3 is 15.5 Å². The maximum atomic E-state index is 11.4. The summed E-state index contributed by atoms with van der Waals surface area (Å²) >= 11 is 0. The summed E-state index contributed by atoms with van der Waals surface area (Å²) in [6.07, 6.45) is 4.92. The van der Waals surface area contributed by atoms with Gasteiger partial charge in [-0.05, 0) is 51.1 Å². The van der Waals surface area contributed by atoms with Crippen molar-refractivity contribution in [2.45, 2.75) is 66.2 Å². The van der Waals surface area contributed by atoms with Crippen molar-refractivity contribution >= 4 is 11.9 Å². The summed E-state index contributed by atoms with van der Waals surface area (Å²) < 4.78 is 0. The fourth-order valence-corrected chi connectivity index (χ4v) is 2.86. The summed E-state index contributed by atoms with van der Waals surface area (Å²) in [5.74, 6) is -2.76. The summed E-state index contributed by atoms with van der Waals surface area (Å²) in [6.45, 7) is 10.2. The SMILES string of the molecule is CC(C)CC(C(=O)O)C(C(=O)O)=C1CCCCC1.CCNCC. The molecule has 1 aliphatic carbocycles. The molecule has 1 aliphatic rings. The van der Waals surface area contributed by atoms with Crippen molar-refractivity contribution in [3.63, 3.8) is 0 Å². The minimum absolute atomic E-state index is 0.149. The summed E-state index contributed by atoms with van der Waals surface area (Å²) in [4.78, 5) is 22.7. The smallest absolute Gasteiger partial charge is 0.332 e. The number of hydrogen-bond donors (Lipinski definition) is 3. The van der Waals surface area contributed by atoms with Crippen molar-refractivity contribution in [1.29, 1.82) is 0 Å². The number of allylic oxidation sites excluding steroid dienone is 1. The number of carboxylic acids is 2. The molecular weight excluding hydrogens is 294 g/mol. The lowest BCUT2D eigenvalue weighted by molar-refractivity contribution is -0.144. The molecule has 134 valence electrons. The van der Waals surface area contributed by atoms with Crippen molar-refractivity contribution in [3.05, 3.63) is 11.1 Å². The monoisotopic (exact) mass is 327 g/mol. The summed E-state index contributed by atoms with van der Waals surface area (Å²) in [5, 5.41) is 21.7. The van der Waals surface area contributed by atoms with E-state index in [0.717, 1.165) is 50.8 Å². The third-order valence-electron chi connectivity index (χ3n) is 3.92. The highest BCUT2D eigenvalue weighted by Crippen LogP contribution is 2.32. The molecule has 1 fully saturated rings. The van der Waals surface area contributed by atoms with Crippen LogP contribution in [0.1, 0.15) is 66.2 Å². The zero-order valence-electron chi connectivity index (χ0n) is 15.0. The zero-order valence-corrected chi connectivity index (χ0v) is 15.0. The first kappa shape index (κ1) is 21.6. The summed E-state index contributed by atoms with van der Waals surface area (Å²) in [5.41, 5.74) is 0.998. The molecule has 0 aliphatic heterocycles. The van der Waals surface area contributed by atoms with E-state index in [2.05, 4.69) is 19.2 Å². The molecule has 0 amide bonds. The fraction of sp³-hybridized carbons (Fsp3) is 0.778. The van der Waals surface area contributed by atoms with Crippen molar-refractivity contribution in [2.24, 2.45) is 11.8 Å². The van der Waals surface area contributed by atoms with E-state index in [-0.39, 0.29) is 11.5 Å². The van der Waals surface area contributed by atoms with Crippen molar-refractivity contribution in [2.75, 3.05) is 13.1 Å². The maximum absolute atomic E-state index is 11.4. The van der Waals surface area contributed by atoms with E-state index < -0.39 is 17.9 Å². The molecule has 5 heteroatoms. The van der Waals surface area contributed by atoms with Crippen LogP contribution in [0.5, 0.6) is 0 Å². The van der Waals surface area contributed by atoms with E-state index in [9.17, 15) is 19.8 Å². The van der Waals surface area contributed by atoms with E-state index >= 15 is 0 Å². The van der Waals surface area contributed by atoms with Crippen molar-refractivity contribution in [1.82, 2.24) is 5.32 Å². The quantitative estimate of drug-likeness (QED) is 0.621. The number of carbonyl (C=O) groups is 2. The Morgan fingerprint density at radius 1 is 1.04 bits per heavy atom. The largest absolute Gasteiger partial charge is 0.481 e. The molecule has 0 spiro atoms. The summed E-state index contributed by atoms with van der Waals surface area (Å²) in [7, 11) is 0. The Morgan fingerprint density at radius 2 is 1.57 bits per heavy atom. The average Bonchev–Trinajstić information content (AvgIpc) is 2.48. The molecule has 0 aromatic heterocycles. The van der Waals surface area contributed by atoms with Crippen LogP contribution in [0.2, 0.25) is 0 Å². The van der Waals surface area contributed by atoms with E-state index in [4.69, 9.17) is 0 Å². The van der Waals surface area contributed by atoms with Crippen LogP contribution in [0, 0.1) is 11.8 Å². The van der Waals surface area contributed by atoms with Crippen LogP contribution in [0.3, 0.4) is 0 Å². The lowest BCUT2D eigenvalue weighted by atomic mass is 9.82. The Morgan fingerprint density at radius 3 is 1.87 bits per heavy atom. The van der Waals surface area contributed by atoms with E-state index in [1.807, 2.05) is 13.8 Å². The highest BCUT2D eigenvalue weighted by Gasteiger charge is 2.31. The Bertz CT molecular complexity index is 392. The molecule has 0 aromatic rings. The molecule has 0 radical (unpaired) electrons. The zero-order chi connectivity index (χ0) is 17.8.